The molecular weight excluding hydrogens is 371 g/mol. The molecule has 0 saturated heterocycles. The number of halogens is 4. The largest absolute Gasteiger partial charge is 0.305 e. The predicted octanol–water partition coefficient (Wildman–Crippen LogP) is 5.02. The van der Waals surface area contributed by atoms with Crippen molar-refractivity contribution in [1.82, 2.24) is 9.78 Å². The highest BCUT2D eigenvalue weighted by Gasteiger charge is 2.15. The predicted molar refractivity (Wildman–Crippen MR) is 92.6 cm³/mol. The molecule has 1 N–H and O–H groups in total. The molecule has 0 aliphatic rings. The molecule has 2 aromatic carbocycles. The average molecular weight is 382 g/mol. The second-order valence-electron chi connectivity index (χ2n) is 5.26. The van der Waals surface area contributed by atoms with Gasteiger partial charge in [-0.3, -0.25) is 4.79 Å². The molecule has 0 unspecified atom stereocenters. The van der Waals surface area contributed by atoms with Crippen molar-refractivity contribution in [2.24, 2.45) is 0 Å². The van der Waals surface area contributed by atoms with E-state index in [0.717, 1.165) is 12.1 Å². The lowest BCUT2D eigenvalue weighted by atomic mass is 10.2. The molecule has 0 bridgehead atoms. The zero-order chi connectivity index (χ0) is 18.1. The first-order valence-electron chi connectivity index (χ1n) is 7.13. The van der Waals surface area contributed by atoms with Crippen LogP contribution in [0.15, 0.2) is 42.5 Å². The number of hydrogen-bond acceptors (Lipinski definition) is 2. The van der Waals surface area contributed by atoms with Crippen LogP contribution in [0.3, 0.4) is 0 Å². The highest BCUT2D eigenvalue weighted by Crippen LogP contribution is 2.25. The molecule has 8 heteroatoms. The molecule has 0 radical (unpaired) electrons. The van der Waals surface area contributed by atoms with Crippen LogP contribution in [0.5, 0.6) is 0 Å². The van der Waals surface area contributed by atoms with Crippen molar-refractivity contribution in [2.45, 2.75) is 6.92 Å². The third kappa shape index (κ3) is 3.65. The van der Waals surface area contributed by atoms with E-state index in [-0.39, 0.29) is 11.4 Å². The lowest BCUT2D eigenvalue weighted by Crippen LogP contribution is -2.14. The summed E-state index contributed by atoms with van der Waals surface area (Å²) >= 11 is 11.9. The van der Waals surface area contributed by atoms with Gasteiger partial charge >= 0.3 is 0 Å². The number of nitrogens with one attached hydrogen (secondary N) is 1. The Morgan fingerprint density at radius 2 is 1.84 bits per heavy atom. The smallest absolute Gasteiger partial charge is 0.259 e. The molecule has 0 aliphatic carbocycles. The SMILES string of the molecule is Cc1cc(NC(=O)c2ccc(F)cc2F)nn1-c1ccc(Cl)c(Cl)c1. The zero-order valence-corrected chi connectivity index (χ0v) is 14.4. The molecule has 0 saturated carbocycles. The summed E-state index contributed by atoms with van der Waals surface area (Å²) < 4.78 is 28.2. The van der Waals surface area contributed by atoms with E-state index in [1.165, 1.54) is 0 Å². The van der Waals surface area contributed by atoms with Crippen molar-refractivity contribution in [3.8, 4) is 5.69 Å². The number of amides is 1. The Kier molecular flexibility index (Phi) is 4.74. The fourth-order valence-electron chi connectivity index (χ4n) is 2.27. The van der Waals surface area contributed by atoms with Crippen LogP contribution in [0.25, 0.3) is 5.69 Å². The summed E-state index contributed by atoms with van der Waals surface area (Å²) in [5.41, 5.74) is 1.09. The van der Waals surface area contributed by atoms with Gasteiger partial charge in [0.1, 0.15) is 11.6 Å². The van der Waals surface area contributed by atoms with E-state index in [9.17, 15) is 13.6 Å². The molecule has 1 heterocycles. The van der Waals surface area contributed by atoms with Crippen LogP contribution in [-0.4, -0.2) is 15.7 Å². The van der Waals surface area contributed by atoms with Crippen molar-refractivity contribution in [3.05, 3.63) is 75.4 Å². The van der Waals surface area contributed by atoms with Gasteiger partial charge in [-0.25, -0.2) is 13.5 Å². The first-order chi connectivity index (χ1) is 11.8. The maximum Gasteiger partial charge on any atom is 0.259 e. The zero-order valence-electron chi connectivity index (χ0n) is 12.9. The average Bonchev–Trinajstić information content (AvgIpc) is 2.90. The third-order valence-corrected chi connectivity index (χ3v) is 4.19. The van der Waals surface area contributed by atoms with Gasteiger partial charge in [0.2, 0.25) is 0 Å². The molecular formula is C17H11Cl2F2N3O. The van der Waals surface area contributed by atoms with Gasteiger partial charge in [-0.1, -0.05) is 23.2 Å². The van der Waals surface area contributed by atoms with E-state index < -0.39 is 17.5 Å². The highest BCUT2D eigenvalue weighted by molar-refractivity contribution is 6.42. The Labute approximate surface area is 152 Å². The fraction of sp³-hybridized carbons (Fsp3) is 0.0588. The standard InChI is InChI=1S/C17H11Cl2F2N3O/c1-9-6-16(22-17(25)12-4-2-10(20)7-15(12)21)23-24(9)11-3-5-13(18)14(19)8-11/h2-8H,1H3,(H,22,23,25). The van der Waals surface area contributed by atoms with Crippen LogP contribution in [0, 0.1) is 18.6 Å². The van der Waals surface area contributed by atoms with Gasteiger partial charge in [0.25, 0.3) is 5.91 Å². The molecule has 25 heavy (non-hydrogen) atoms. The van der Waals surface area contributed by atoms with Crippen molar-refractivity contribution >= 4 is 34.9 Å². The van der Waals surface area contributed by atoms with Gasteiger partial charge in [0, 0.05) is 17.8 Å². The minimum absolute atomic E-state index is 0.220. The molecule has 0 spiro atoms. The van der Waals surface area contributed by atoms with Crippen molar-refractivity contribution < 1.29 is 13.6 Å². The Balaban J connectivity index is 1.87. The van der Waals surface area contributed by atoms with Gasteiger partial charge in [-0.15, -0.1) is 5.10 Å². The van der Waals surface area contributed by atoms with Crippen LogP contribution < -0.4 is 5.32 Å². The number of nitrogens with zero attached hydrogens (tertiary/aromatic N) is 2. The van der Waals surface area contributed by atoms with E-state index in [0.29, 0.717) is 27.5 Å². The Bertz CT molecular complexity index is 973. The lowest BCUT2D eigenvalue weighted by Gasteiger charge is -2.06. The molecule has 1 aromatic heterocycles. The van der Waals surface area contributed by atoms with Crippen LogP contribution in [0.4, 0.5) is 14.6 Å². The molecule has 3 rings (SSSR count). The molecule has 0 fully saturated rings. The van der Waals surface area contributed by atoms with Gasteiger partial charge in [-0.05, 0) is 37.3 Å². The Hall–Kier alpha value is -2.44. The second kappa shape index (κ2) is 6.82. The number of hydrogen-bond donors (Lipinski definition) is 1. The van der Waals surface area contributed by atoms with Crippen molar-refractivity contribution in [2.75, 3.05) is 5.32 Å². The topological polar surface area (TPSA) is 46.9 Å². The molecule has 4 nitrogen and oxygen atoms in total. The van der Waals surface area contributed by atoms with Crippen LogP contribution in [-0.2, 0) is 0 Å². The fourth-order valence-corrected chi connectivity index (χ4v) is 2.56. The maximum absolute atomic E-state index is 13.7. The van der Waals surface area contributed by atoms with Gasteiger partial charge in [0.05, 0.1) is 21.3 Å². The van der Waals surface area contributed by atoms with Crippen LogP contribution in [0.2, 0.25) is 10.0 Å². The quantitative estimate of drug-likeness (QED) is 0.692. The van der Waals surface area contributed by atoms with E-state index in [1.807, 2.05) is 0 Å². The van der Waals surface area contributed by atoms with Gasteiger partial charge in [0.15, 0.2) is 5.82 Å². The molecule has 128 valence electrons. The van der Waals surface area contributed by atoms with Crippen LogP contribution in [0.1, 0.15) is 16.1 Å². The number of rotatable bonds is 3. The Morgan fingerprint density at radius 1 is 1.08 bits per heavy atom. The van der Waals surface area contributed by atoms with E-state index in [1.54, 1.807) is 35.9 Å². The molecule has 1 amide bonds. The van der Waals surface area contributed by atoms with Gasteiger partial charge < -0.3 is 5.32 Å². The summed E-state index contributed by atoms with van der Waals surface area (Å²) in [4.78, 5) is 12.1. The molecule has 0 atom stereocenters. The van der Waals surface area contributed by atoms with E-state index >= 15 is 0 Å². The van der Waals surface area contributed by atoms with E-state index in [4.69, 9.17) is 23.2 Å². The maximum atomic E-state index is 13.7. The molecule has 3 aromatic rings. The number of aromatic nitrogens is 2. The summed E-state index contributed by atoms with van der Waals surface area (Å²) in [6.45, 7) is 1.78. The van der Waals surface area contributed by atoms with Gasteiger partial charge in [-0.2, -0.15) is 0 Å². The number of aryl methyl sites for hydroxylation is 1. The first-order valence-corrected chi connectivity index (χ1v) is 7.89. The Morgan fingerprint density at radius 3 is 2.52 bits per heavy atom. The van der Waals surface area contributed by atoms with E-state index in [2.05, 4.69) is 10.4 Å². The number of benzene rings is 2. The van der Waals surface area contributed by atoms with Crippen molar-refractivity contribution in [1.29, 1.82) is 0 Å². The molecule has 0 aliphatic heterocycles. The first kappa shape index (κ1) is 17.4. The monoisotopic (exact) mass is 381 g/mol. The number of carbonyl (C=O) groups excluding carboxylic acids is 1. The summed E-state index contributed by atoms with van der Waals surface area (Å²) in [5, 5.41) is 7.51. The van der Waals surface area contributed by atoms with Crippen molar-refractivity contribution in [3.63, 3.8) is 0 Å². The summed E-state index contributed by atoms with van der Waals surface area (Å²) in [5.74, 6) is -2.21. The normalized spacial score (nSPS) is 10.8. The summed E-state index contributed by atoms with van der Waals surface area (Å²) in [6.07, 6.45) is 0. The minimum atomic E-state index is -0.946. The third-order valence-electron chi connectivity index (χ3n) is 3.45. The minimum Gasteiger partial charge on any atom is -0.305 e. The second-order valence-corrected chi connectivity index (χ2v) is 6.07. The number of anilines is 1. The lowest BCUT2D eigenvalue weighted by molar-refractivity contribution is 0.102. The summed E-state index contributed by atoms with van der Waals surface area (Å²) in [6, 6.07) is 9.33. The number of carbonyl (C=O) groups is 1. The summed E-state index contributed by atoms with van der Waals surface area (Å²) in [7, 11) is 0. The van der Waals surface area contributed by atoms with Crippen LogP contribution >= 0.6 is 23.2 Å². The highest BCUT2D eigenvalue weighted by atomic mass is 35.5.